The normalized spacial score (nSPS) is 20.2. The van der Waals surface area contributed by atoms with E-state index in [0.29, 0.717) is 26.4 Å². The van der Waals surface area contributed by atoms with E-state index >= 15 is 0 Å². The van der Waals surface area contributed by atoms with Crippen molar-refractivity contribution in [2.24, 2.45) is 5.92 Å². The summed E-state index contributed by atoms with van der Waals surface area (Å²) in [4.78, 5) is 26.9. The van der Waals surface area contributed by atoms with E-state index in [9.17, 15) is 9.59 Å². The molecule has 0 spiro atoms. The van der Waals surface area contributed by atoms with Gasteiger partial charge in [-0.1, -0.05) is 30.3 Å². The van der Waals surface area contributed by atoms with Crippen molar-refractivity contribution >= 4 is 57.1 Å². The number of hydrogen-bond donors (Lipinski definition) is 3. The molecule has 0 radical (unpaired) electrons. The molecule has 2 atom stereocenters. The van der Waals surface area contributed by atoms with Crippen molar-refractivity contribution in [3.63, 3.8) is 0 Å². The summed E-state index contributed by atoms with van der Waals surface area (Å²) < 4.78 is 4.97. The van der Waals surface area contributed by atoms with Gasteiger partial charge in [0.2, 0.25) is 5.91 Å². The number of anilines is 1. The van der Waals surface area contributed by atoms with Gasteiger partial charge in [0.1, 0.15) is 10.9 Å². The molecule has 1 fully saturated rings. The zero-order chi connectivity index (χ0) is 21.4. The second-order valence-electron chi connectivity index (χ2n) is 7.17. The molecule has 9 heteroatoms. The molecule has 0 saturated carbocycles. The fourth-order valence-corrected chi connectivity index (χ4v) is 5.61. The number of nitrogens with one attached hydrogen (secondary N) is 3. The van der Waals surface area contributed by atoms with Crippen LogP contribution >= 0.6 is 35.2 Å². The predicted molar refractivity (Wildman–Crippen MR) is 122 cm³/mol. The average Bonchev–Trinajstić information content (AvgIpc) is 3.28. The predicted octanol–water partition coefficient (Wildman–Crippen LogP) is 3.96. The number of carbonyl (C=O) groups is 2. The van der Waals surface area contributed by atoms with Gasteiger partial charge >= 0.3 is 5.97 Å². The van der Waals surface area contributed by atoms with Gasteiger partial charge in [-0.25, -0.2) is 4.79 Å². The largest absolute Gasteiger partial charge is 0.465 e. The summed E-state index contributed by atoms with van der Waals surface area (Å²) in [6.45, 7) is 4.01. The molecule has 156 valence electrons. The zero-order valence-electron chi connectivity index (χ0n) is 16.2. The van der Waals surface area contributed by atoms with E-state index in [-0.39, 0.29) is 5.91 Å². The molecule has 1 aromatic carbocycles. The van der Waals surface area contributed by atoms with Crippen molar-refractivity contribution in [3.8, 4) is 0 Å². The van der Waals surface area contributed by atoms with Crippen LogP contribution in [0.25, 0.3) is 0 Å². The topological polar surface area (TPSA) is 79.5 Å². The number of thiocarbonyl (C=S) groups is 1. The summed E-state index contributed by atoms with van der Waals surface area (Å²) in [7, 11) is 1.35. The first-order valence-corrected chi connectivity index (χ1v) is 11.0. The van der Waals surface area contributed by atoms with E-state index in [1.807, 2.05) is 12.1 Å². The van der Waals surface area contributed by atoms with Crippen LogP contribution in [0.4, 0.5) is 5.00 Å². The Hall–Kier alpha value is -2.42. The number of ether oxygens (including phenoxy) is 1. The van der Waals surface area contributed by atoms with Crippen LogP contribution in [0.5, 0.6) is 0 Å². The second kappa shape index (κ2) is 8.37. The van der Waals surface area contributed by atoms with Gasteiger partial charge in [-0.15, -0.1) is 11.3 Å². The summed E-state index contributed by atoms with van der Waals surface area (Å²) in [5, 5.41) is 10.6. The highest BCUT2D eigenvalue weighted by Gasteiger charge is 2.38. The van der Waals surface area contributed by atoms with Crippen LogP contribution in [0.3, 0.4) is 0 Å². The molecule has 1 saturated heterocycles. The molecule has 30 heavy (non-hydrogen) atoms. The molecule has 1 aliphatic carbocycles. The first-order chi connectivity index (χ1) is 14.4. The Morgan fingerprint density at radius 2 is 2.03 bits per heavy atom. The maximum Gasteiger partial charge on any atom is 0.341 e. The number of aryl methyl sites for hydroxylation is 1. The highest BCUT2D eigenvalue weighted by atomic mass is 35.5. The van der Waals surface area contributed by atoms with Crippen molar-refractivity contribution in [2.75, 3.05) is 12.4 Å². The fraction of sp³-hybridized carbons (Fsp3) is 0.286. The third-order valence-corrected chi connectivity index (χ3v) is 7.01. The Kier molecular flexibility index (Phi) is 5.81. The van der Waals surface area contributed by atoms with Crippen LogP contribution < -0.4 is 16.0 Å². The van der Waals surface area contributed by atoms with Crippen molar-refractivity contribution < 1.29 is 14.3 Å². The number of esters is 1. The number of methoxy groups -OCH3 is 1. The minimum atomic E-state index is -0.652. The van der Waals surface area contributed by atoms with Crippen LogP contribution in [-0.4, -0.2) is 24.1 Å². The third-order valence-electron chi connectivity index (χ3n) is 5.33. The lowest BCUT2D eigenvalue weighted by Gasteiger charge is -2.35. The first kappa shape index (κ1) is 20.8. The number of fused-ring (bicyclic) bond motifs is 1. The molecular weight excluding hydrogens is 442 g/mol. The van der Waals surface area contributed by atoms with Gasteiger partial charge in [-0.3, -0.25) is 4.79 Å². The summed E-state index contributed by atoms with van der Waals surface area (Å²) in [5.74, 6) is -1.37. The monoisotopic (exact) mass is 461 g/mol. The highest BCUT2D eigenvalue weighted by Crippen LogP contribution is 2.40. The smallest absolute Gasteiger partial charge is 0.341 e. The molecule has 3 N–H and O–H groups in total. The van der Waals surface area contributed by atoms with Gasteiger partial charge in [-0.05, 0) is 54.7 Å². The van der Waals surface area contributed by atoms with Gasteiger partial charge in [-0.2, -0.15) is 0 Å². The van der Waals surface area contributed by atoms with Crippen LogP contribution in [-0.2, 0) is 22.4 Å². The summed E-state index contributed by atoms with van der Waals surface area (Å²) in [6.07, 6.45) is 2.72. The van der Waals surface area contributed by atoms with Gasteiger partial charge in [0.05, 0.1) is 18.7 Å². The highest BCUT2D eigenvalue weighted by molar-refractivity contribution is 7.80. The van der Waals surface area contributed by atoms with E-state index < -0.39 is 17.9 Å². The number of halogens is 1. The van der Waals surface area contributed by atoms with Crippen molar-refractivity contribution in [1.29, 1.82) is 0 Å². The number of hydrogen-bond acceptors (Lipinski definition) is 5. The van der Waals surface area contributed by atoms with Crippen LogP contribution in [0.15, 0.2) is 36.5 Å². The summed E-state index contributed by atoms with van der Waals surface area (Å²) in [5.41, 5.74) is 2.78. The van der Waals surface area contributed by atoms with Gasteiger partial charge in [0.25, 0.3) is 0 Å². The molecule has 0 bridgehead atoms. The lowest BCUT2D eigenvalue weighted by atomic mass is 9.88. The third kappa shape index (κ3) is 3.82. The Morgan fingerprint density at radius 3 is 2.73 bits per heavy atom. The molecule has 2 aromatic rings. The zero-order valence-corrected chi connectivity index (χ0v) is 18.6. The Bertz CT molecular complexity index is 1050. The lowest BCUT2D eigenvalue weighted by molar-refractivity contribution is -0.119. The number of thiophene rings is 1. The van der Waals surface area contributed by atoms with Gasteiger partial charge < -0.3 is 20.7 Å². The van der Waals surface area contributed by atoms with Crippen LogP contribution in [0.2, 0.25) is 5.02 Å². The van der Waals surface area contributed by atoms with E-state index in [1.54, 1.807) is 12.1 Å². The standard InChI is InChI=1S/C21H20ClN3O3S2/c1-10-15(17(24-21(29)23-10)11-6-8-12(22)9-7-11)18(26)25-19-16(20(27)28-2)13-4-3-5-14(13)30-19/h6-9,15,17H,1,3-5H2,2H3,(H,25,26)(H2,23,24,29)/t15-,17-/m1/s1. The molecular formula is C21H20ClN3O3S2. The van der Waals surface area contributed by atoms with Crippen LogP contribution in [0, 0.1) is 5.92 Å². The number of rotatable bonds is 4. The fourth-order valence-electron chi connectivity index (χ4n) is 3.94. The molecule has 2 aliphatic rings. The quantitative estimate of drug-likeness (QED) is 0.472. The minimum Gasteiger partial charge on any atom is -0.465 e. The molecule has 1 amide bonds. The van der Waals surface area contributed by atoms with E-state index in [1.165, 1.54) is 18.4 Å². The molecule has 4 rings (SSSR count). The second-order valence-corrected chi connectivity index (χ2v) is 9.12. The molecule has 1 aromatic heterocycles. The van der Waals surface area contributed by atoms with Crippen molar-refractivity contribution in [1.82, 2.24) is 10.6 Å². The van der Waals surface area contributed by atoms with E-state index in [4.69, 9.17) is 28.6 Å². The van der Waals surface area contributed by atoms with E-state index in [2.05, 4.69) is 22.5 Å². The summed E-state index contributed by atoms with van der Waals surface area (Å²) in [6, 6.07) is 6.81. The lowest BCUT2D eigenvalue weighted by Crippen LogP contribution is -2.51. The Balaban J connectivity index is 1.66. The Labute approximate surface area is 188 Å². The number of benzene rings is 1. The number of carbonyl (C=O) groups excluding carboxylic acids is 2. The first-order valence-electron chi connectivity index (χ1n) is 9.44. The SMILES string of the molecule is C=C1NC(=S)N[C@H](c2ccc(Cl)cc2)[C@@H]1C(=O)Nc1sc2c(c1C(=O)OC)CCC2. The van der Waals surface area contributed by atoms with E-state index in [0.717, 1.165) is 35.3 Å². The Morgan fingerprint density at radius 1 is 1.30 bits per heavy atom. The maximum absolute atomic E-state index is 13.4. The van der Waals surface area contributed by atoms with Crippen LogP contribution in [0.1, 0.15) is 38.8 Å². The number of amides is 1. The molecule has 0 unspecified atom stereocenters. The average molecular weight is 462 g/mol. The van der Waals surface area contributed by atoms with Gasteiger partial charge in [0, 0.05) is 15.6 Å². The molecule has 2 heterocycles. The molecule has 1 aliphatic heterocycles. The minimum absolute atomic E-state index is 0.285. The van der Waals surface area contributed by atoms with Crippen molar-refractivity contribution in [2.45, 2.75) is 25.3 Å². The maximum atomic E-state index is 13.4. The molecule has 6 nitrogen and oxygen atoms in total. The van der Waals surface area contributed by atoms with Gasteiger partial charge in [0.15, 0.2) is 5.11 Å². The summed E-state index contributed by atoms with van der Waals surface area (Å²) >= 11 is 12.7. The van der Waals surface area contributed by atoms with Crippen molar-refractivity contribution in [3.05, 3.63) is 63.1 Å².